The third-order valence-electron chi connectivity index (χ3n) is 3.33. The number of carbonyl (C=O) groups is 2. The maximum atomic E-state index is 13.4. The van der Waals surface area contributed by atoms with E-state index in [0.717, 1.165) is 6.42 Å². The van der Waals surface area contributed by atoms with Crippen molar-refractivity contribution < 1.29 is 23.5 Å². The average molecular weight is 295 g/mol. The van der Waals surface area contributed by atoms with E-state index in [-0.39, 0.29) is 18.9 Å². The molecule has 0 spiro atoms. The van der Waals surface area contributed by atoms with Gasteiger partial charge in [-0.05, 0) is 18.6 Å². The van der Waals surface area contributed by atoms with Crippen LogP contribution in [-0.2, 0) is 14.3 Å². The predicted octanol–water partition coefficient (Wildman–Crippen LogP) is 2.14. The van der Waals surface area contributed by atoms with Crippen molar-refractivity contribution in [2.24, 2.45) is 5.92 Å². The van der Waals surface area contributed by atoms with Crippen LogP contribution in [0.15, 0.2) is 18.2 Å². The molecule has 0 saturated carbocycles. The van der Waals surface area contributed by atoms with Crippen molar-refractivity contribution in [3.05, 3.63) is 24.0 Å². The van der Waals surface area contributed by atoms with Crippen molar-refractivity contribution in [1.29, 1.82) is 0 Å². The van der Waals surface area contributed by atoms with Gasteiger partial charge in [0.15, 0.2) is 0 Å². The first kappa shape index (κ1) is 15.3. The molecule has 0 radical (unpaired) electrons. The number of nitrogens with zero attached hydrogens (tertiary/aromatic N) is 1. The lowest BCUT2D eigenvalue weighted by Crippen LogP contribution is -2.26. The van der Waals surface area contributed by atoms with E-state index in [0.29, 0.717) is 18.0 Å². The van der Waals surface area contributed by atoms with Gasteiger partial charge < -0.3 is 14.4 Å². The Kier molecular flexibility index (Phi) is 4.77. The zero-order chi connectivity index (χ0) is 15.4. The van der Waals surface area contributed by atoms with Crippen LogP contribution in [0.25, 0.3) is 0 Å². The van der Waals surface area contributed by atoms with Crippen molar-refractivity contribution in [3.63, 3.8) is 0 Å². The van der Waals surface area contributed by atoms with Crippen LogP contribution < -0.4 is 9.64 Å². The topological polar surface area (TPSA) is 55.8 Å². The summed E-state index contributed by atoms with van der Waals surface area (Å²) in [4.78, 5) is 25.1. The molecular weight excluding hydrogens is 277 g/mol. The Labute approximate surface area is 122 Å². The fourth-order valence-electron chi connectivity index (χ4n) is 2.30. The lowest BCUT2D eigenvalue weighted by molar-refractivity contribution is -0.145. The quantitative estimate of drug-likeness (QED) is 0.781. The molecule has 5 nitrogen and oxygen atoms in total. The summed E-state index contributed by atoms with van der Waals surface area (Å²) in [6, 6.07) is 4.02. The molecule has 1 heterocycles. The second kappa shape index (κ2) is 6.56. The summed E-state index contributed by atoms with van der Waals surface area (Å²) in [7, 11) is 1.29. The van der Waals surface area contributed by atoms with E-state index in [9.17, 15) is 14.0 Å². The molecule has 1 saturated heterocycles. The fourth-order valence-corrected chi connectivity index (χ4v) is 2.30. The second-order valence-electron chi connectivity index (χ2n) is 4.89. The van der Waals surface area contributed by atoms with Crippen molar-refractivity contribution in [2.45, 2.75) is 19.8 Å². The molecule has 1 aromatic rings. The van der Waals surface area contributed by atoms with Gasteiger partial charge in [-0.2, -0.15) is 0 Å². The molecule has 1 amide bonds. The van der Waals surface area contributed by atoms with Crippen LogP contribution in [0.3, 0.4) is 0 Å². The summed E-state index contributed by atoms with van der Waals surface area (Å²) < 4.78 is 23.5. The highest BCUT2D eigenvalue weighted by Gasteiger charge is 2.37. The summed E-state index contributed by atoms with van der Waals surface area (Å²) >= 11 is 0. The number of anilines is 1. The fraction of sp³-hybridized carbons (Fsp3) is 0.467. The standard InChI is InChI=1S/C15H18FNO4/c1-3-6-21-13-8-11(16)4-5-12(13)17-9-10(7-14(17)18)15(19)20-2/h4-5,8,10H,3,6-7,9H2,1-2H3. The Balaban J connectivity index is 2.25. The summed E-state index contributed by atoms with van der Waals surface area (Å²) in [6.45, 7) is 2.59. The summed E-state index contributed by atoms with van der Waals surface area (Å²) in [5.41, 5.74) is 0.487. The van der Waals surface area contributed by atoms with E-state index < -0.39 is 17.7 Å². The van der Waals surface area contributed by atoms with Crippen LogP contribution in [0.4, 0.5) is 10.1 Å². The Morgan fingerprint density at radius 2 is 2.24 bits per heavy atom. The van der Waals surface area contributed by atoms with Gasteiger partial charge in [-0.15, -0.1) is 0 Å². The van der Waals surface area contributed by atoms with Crippen LogP contribution in [0, 0.1) is 11.7 Å². The van der Waals surface area contributed by atoms with Gasteiger partial charge in [0.25, 0.3) is 0 Å². The molecule has 1 aliphatic rings. The molecule has 114 valence electrons. The predicted molar refractivity (Wildman–Crippen MR) is 74.7 cm³/mol. The van der Waals surface area contributed by atoms with E-state index in [1.807, 2.05) is 6.92 Å². The van der Waals surface area contributed by atoms with Gasteiger partial charge in [0.05, 0.1) is 25.3 Å². The summed E-state index contributed by atoms with van der Waals surface area (Å²) in [5, 5.41) is 0. The number of hydrogen-bond acceptors (Lipinski definition) is 4. The average Bonchev–Trinajstić information content (AvgIpc) is 2.86. The number of methoxy groups -OCH3 is 1. The number of benzene rings is 1. The first-order valence-electron chi connectivity index (χ1n) is 6.87. The number of esters is 1. The van der Waals surface area contributed by atoms with Crippen LogP contribution in [-0.4, -0.2) is 32.1 Å². The Morgan fingerprint density at radius 3 is 2.90 bits per heavy atom. The lowest BCUT2D eigenvalue weighted by Gasteiger charge is -2.20. The first-order chi connectivity index (χ1) is 10.1. The molecule has 1 fully saturated rings. The van der Waals surface area contributed by atoms with Crippen molar-refractivity contribution >= 4 is 17.6 Å². The molecule has 0 bridgehead atoms. The second-order valence-corrected chi connectivity index (χ2v) is 4.89. The first-order valence-corrected chi connectivity index (χ1v) is 6.87. The number of carbonyl (C=O) groups excluding carboxylic acids is 2. The molecule has 6 heteroatoms. The Morgan fingerprint density at radius 1 is 1.48 bits per heavy atom. The Bertz CT molecular complexity index is 546. The maximum Gasteiger partial charge on any atom is 0.311 e. The number of halogens is 1. The number of rotatable bonds is 5. The van der Waals surface area contributed by atoms with E-state index >= 15 is 0 Å². The van der Waals surface area contributed by atoms with Crippen LogP contribution >= 0.6 is 0 Å². The smallest absolute Gasteiger partial charge is 0.311 e. The Hall–Kier alpha value is -2.11. The van der Waals surface area contributed by atoms with E-state index in [1.54, 1.807) is 0 Å². The number of ether oxygens (including phenoxy) is 2. The van der Waals surface area contributed by atoms with E-state index in [1.165, 1.54) is 30.2 Å². The molecule has 1 unspecified atom stereocenters. The van der Waals surface area contributed by atoms with Gasteiger partial charge in [0.2, 0.25) is 5.91 Å². The molecule has 21 heavy (non-hydrogen) atoms. The molecule has 1 aliphatic heterocycles. The minimum atomic E-state index is -0.494. The normalized spacial score (nSPS) is 18.0. The van der Waals surface area contributed by atoms with Crippen LogP contribution in [0.1, 0.15) is 19.8 Å². The lowest BCUT2D eigenvalue weighted by atomic mass is 10.1. The van der Waals surface area contributed by atoms with Crippen LogP contribution in [0.2, 0.25) is 0 Å². The monoisotopic (exact) mass is 295 g/mol. The van der Waals surface area contributed by atoms with Gasteiger partial charge in [-0.3, -0.25) is 9.59 Å². The van der Waals surface area contributed by atoms with Gasteiger partial charge in [0.1, 0.15) is 11.6 Å². The zero-order valence-electron chi connectivity index (χ0n) is 12.1. The van der Waals surface area contributed by atoms with Gasteiger partial charge in [-0.1, -0.05) is 6.92 Å². The van der Waals surface area contributed by atoms with Gasteiger partial charge in [0, 0.05) is 19.0 Å². The zero-order valence-corrected chi connectivity index (χ0v) is 12.1. The minimum Gasteiger partial charge on any atom is -0.491 e. The van der Waals surface area contributed by atoms with E-state index in [2.05, 4.69) is 4.74 Å². The molecule has 0 aromatic heterocycles. The molecular formula is C15H18FNO4. The molecule has 0 N–H and O–H groups in total. The highest BCUT2D eigenvalue weighted by molar-refractivity contribution is 6.00. The number of hydrogen-bond donors (Lipinski definition) is 0. The highest BCUT2D eigenvalue weighted by atomic mass is 19.1. The number of amides is 1. The van der Waals surface area contributed by atoms with E-state index in [4.69, 9.17) is 4.74 Å². The van der Waals surface area contributed by atoms with Crippen LogP contribution in [0.5, 0.6) is 5.75 Å². The van der Waals surface area contributed by atoms with Crippen molar-refractivity contribution in [2.75, 3.05) is 25.2 Å². The maximum absolute atomic E-state index is 13.4. The third-order valence-corrected chi connectivity index (χ3v) is 3.33. The minimum absolute atomic E-state index is 0.0945. The molecule has 1 atom stereocenters. The SMILES string of the molecule is CCCOc1cc(F)ccc1N1CC(C(=O)OC)CC1=O. The highest BCUT2D eigenvalue weighted by Crippen LogP contribution is 2.34. The summed E-state index contributed by atoms with van der Waals surface area (Å²) in [5.74, 6) is -1.22. The largest absolute Gasteiger partial charge is 0.491 e. The molecule has 0 aliphatic carbocycles. The molecule has 1 aromatic carbocycles. The van der Waals surface area contributed by atoms with Gasteiger partial charge >= 0.3 is 5.97 Å². The third kappa shape index (κ3) is 3.32. The van der Waals surface area contributed by atoms with Crippen molar-refractivity contribution in [1.82, 2.24) is 0 Å². The van der Waals surface area contributed by atoms with Crippen molar-refractivity contribution in [3.8, 4) is 5.75 Å². The molecule has 2 rings (SSSR count). The van der Waals surface area contributed by atoms with Gasteiger partial charge in [-0.25, -0.2) is 4.39 Å². The summed E-state index contributed by atoms with van der Waals surface area (Å²) in [6.07, 6.45) is 0.867.